The minimum Gasteiger partial charge on any atom is -0.299 e. The van der Waals surface area contributed by atoms with E-state index in [-0.39, 0.29) is 5.69 Å². The predicted molar refractivity (Wildman–Crippen MR) is 96.0 cm³/mol. The lowest BCUT2D eigenvalue weighted by Crippen LogP contribution is -2.34. The fourth-order valence-electron chi connectivity index (χ4n) is 3.64. The third-order valence-electron chi connectivity index (χ3n) is 5.11. The second-order valence-electron chi connectivity index (χ2n) is 6.76. The Balaban J connectivity index is 1.58. The van der Waals surface area contributed by atoms with Crippen LogP contribution in [0.5, 0.6) is 0 Å². The third kappa shape index (κ3) is 3.83. The second kappa shape index (κ2) is 7.66. The van der Waals surface area contributed by atoms with Crippen molar-refractivity contribution in [1.29, 1.82) is 5.26 Å². The van der Waals surface area contributed by atoms with Crippen LogP contribution in [0.1, 0.15) is 36.7 Å². The SMILES string of the molecule is CCn1c(CC2CCN(Cc3ccccc3C#N)CC2)nn(C)c1=O. The molecule has 1 aromatic carbocycles. The van der Waals surface area contributed by atoms with Crippen molar-refractivity contribution in [3.63, 3.8) is 0 Å². The maximum atomic E-state index is 12.0. The Morgan fingerprint density at radius 1 is 1.28 bits per heavy atom. The summed E-state index contributed by atoms with van der Waals surface area (Å²) in [5.74, 6) is 1.47. The molecule has 0 spiro atoms. The second-order valence-corrected chi connectivity index (χ2v) is 6.76. The molecule has 0 saturated carbocycles. The zero-order valence-corrected chi connectivity index (χ0v) is 15.0. The summed E-state index contributed by atoms with van der Waals surface area (Å²) in [6.07, 6.45) is 3.07. The number of nitrogens with zero attached hydrogens (tertiary/aromatic N) is 5. The van der Waals surface area contributed by atoms with Gasteiger partial charge >= 0.3 is 5.69 Å². The van der Waals surface area contributed by atoms with Crippen LogP contribution in [0, 0.1) is 17.2 Å². The monoisotopic (exact) mass is 339 g/mol. The van der Waals surface area contributed by atoms with Gasteiger partial charge in [-0.05, 0) is 50.4 Å². The molecule has 3 rings (SSSR count). The van der Waals surface area contributed by atoms with Crippen LogP contribution in [0.2, 0.25) is 0 Å². The molecule has 1 fully saturated rings. The van der Waals surface area contributed by atoms with Gasteiger partial charge in [-0.1, -0.05) is 18.2 Å². The molecular formula is C19H25N5O. The van der Waals surface area contributed by atoms with E-state index in [2.05, 4.69) is 16.1 Å². The minimum atomic E-state index is -0.0250. The molecule has 0 aliphatic carbocycles. The number of aromatic nitrogens is 3. The van der Waals surface area contributed by atoms with Gasteiger partial charge in [-0.25, -0.2) is 9.48 Å². The topological polar surface area (TPSA) is 66.8 Å². The molecule has 0 unspecified atom stereocenters. The Labute approximate surface area is 148 Å². The van der Waals surface area contributed by atoms with E-state index >= 15 is 0 Å². The van der Waals surface area contributed by atoms with Crippen LogP contribution in [0.25, 0.3) is 0 Å². The third-order valence-corrected chi connectivity index (χ3v) is 5.11. The van der Waals surface area contributed by atoms with Crippen molar-refractivity contribution >= 4 is 0 Å². The summed E-state index contributed by atoms with van der Waals surface area (Å²) in [7, 11) is 1.72. The molecule has 0 amide bonds. The lowest BCUT2D eigenvalue weighted by molar-refractivity contribution is 0.175. The summed E-state index contributed by atoms with van der Waals surface area (Å²) in [5.41, 5.74) is 1.85. The van der Waals surface area contributed by atoms with Crippen LogP contribution in [0.15, 0.2) is 29.1 Å². The van der Waals surface area contributed by atoms with E-state index in [4.69, 9.17) is 0 Å². The first kappa shape index (κ1) is 17.4. The van der Waals surface area contributed by atoms with Gasteiger partial charge in [-0.3, -0.25) is 9.47 Å². The van der Waals surface area contributed by atoms with Gasteiger partial charge in [0.05, 0.1) is 11.6 Å². The first-order valence-corrected chi connectivity index (χ1v) is 8.95. The van der Waals surface area contributed by atoms with Gasteiger partial charge in [0.1, 0.15) is 5.82 Å². The molecule has 1 aliphatic heterocycles. The smallest absolute Gasteiger partial charge is 0.299 e. The van der Waals surface area contributed by atoms with Crippen LogP contribution in [0.3, 0.4) is 0 Å². The van der Waals surface area contributed by atoms with Crippen molar-refractivity contribution in [1.82, 2.24) is 19.2 Å². The lowest BCUT2D eigenvalue weighted by Gasteiger charge is -2.32. The molecule has 2 heterocycles. The average Bonchev–Trinajstić information content (AvgIpc) is 2.90. The molecule has 6 nitrogen and oxygen atoms in total. The zero-order valence-electron chi connectivity index (χ0n) is 15.0. The van der Waals surface area contributed by atoms with Crippen LogP contribution < -0.4 is 5.69 Å². The first-order chi connectivity index (χ1) is 12.1. The van der Waals surface area contributed by atoms with E-state index in [1.54, 1.807) is 11.6 Å². The molecule has 6 heteroatoms. The Morgan fingerprint density at radius 2 is 2.00 bits per heavy atom. The highest BCUT2D eigenvalue weighted by atomic mass is 16.2. The van der Waals surface area contributed by atoms with Gasteiger partial charge in [0, 0.05) is 26.6 Å². The van der Waals surface area contributed by atoms with E-state index in [1.807, 2.05) is 31.2 Å². The van der Waals surface area contributed by atoms with E-state index < -0.39 is 0 Å². The fraction of sp³-hybridized carbons (Fsp3) is 0.526. The van der Waals surface area contributed by atoms with Crippen molar-refractivity contribution in [2.45, 2.75) is 39.3 Å². The summed E-state index contributed by atoms with van der Waals surface area (Å²) in [6, 6.07) is 10.1. The number of likely N-dealkylation sites (tertiary alicyclic amines) is 1. The van der Waals surface area contributed by atoms with Gasteiger partial charge in [0.2, 0.25) is 0 Å². The summed E-state index contributed by atoms with van der Waals surface area (Å²) in [6.45, 7) is 5.54. The summed E-state index contributed by atoms with van der Waals surface area (Å²) in [4.78, 5) is 14.4. The molecular weight excluding hydrogens is 314 g/mol. The first-order valence-electron chi connectivity index (χ1n) is 8.95. The van der Waals surface area contributed by atoms with Gasteiger partial charge in [0.15, 0.2) is 0 Å². The van der Waals surface area contributed by atoms with Gasteiger partial charge < -0.3 is 0 Å². The van der Waals surface area contributed by atoms with Gasteiger partial charge in [-0.15, -0.1) is 0 Å². The number of nitriles is 1. The Kier molecular flexibility index (Phi) is 5.34. The van der Waals surface area contributed by atoms with E-state index in [9.17, 15) is 10.1 Å². The summed E-state index contributed by atoms with van der Waals surface area (Å²) >= 11 is 0. The van der Waals surface area contributed by atoms with Crippen LogP contribution in [-0.4, -0.2) is 32.3 Å². The fourth-order valence-corrected chi connectivity index (χ4v) is 3.64. The molecule has 1 aromatic heterocycles. The quantitative estimate of drug-likeness (QED) is 0.835. The Hall–Kier alpha value is -2.39. The Morgan fingerprint density at radius 3 is 2.68 bits per heavy atom. The van der Waals surface area contributed by atoms with Crippen molar-refractivity contribution < 1.29 is 0 Å². The summed E-state index contributed by atoms with van der Waals surface area (Å²) < 4.78 is 3.21. The molecule has 132 valence electrons. The van der Waals surface area contributed by atoms with Gasteiger partial charge in [0.25, 0.3) is 0 Å². The van der Waals surface area contributed by atoms with Crippen molar-refractivity contribution in [2.24, 2.45) is 13.0 Å². The number of benzene rings is 1. The van der Waals surface area contributed by atoms with E-state index in [0.29, 0.717) is 12.5 Å². The highest BCUT2D eigenvalue weighted by Crippen LogP contribution is 2.22. The standard InChI is InChI=1S/C19H25N5O/c1-3-24-18(21-22(2)19(24)25)12-15-8-10-23(11-9-15)14-17-7-5-4-6-16(17)13-20/h4-7,15H,3,8-12,14H2,1-2H3. The summed E-state index contributed by atoms with van der Waals surface area (Å²) in [5, 5.41) is 13.6. The highest BCUT2D eigenvalue weighted by molar-refractivity contribution is 5.37. The minimum absolute atomic E-state index is 0.0250. The van der Waals surface area contributed by atoms with Crippen molar-refractivity contribution in [3.8, 4) is 6.07 Å². The molecule has 1 aliphatic rings. The molecule has 0 atom stereocenters. The molecule has 2 aromatic rings. The van der Waals surface area contributed by atoms with Crippen LogP contribution in [0.4, 0.5) is 0 Å². The molecule has 0 bridgehead atoms. The molecule has 1 saturated heterocycles. The highest BCUT2D eigenvalue weighted by Gasteiger charge is 2.22. The number of hydrogen-bond acceptors (Lipinski definition) is 4. The van der Waals surface area contributed by atoms with Crippen molar-refractivity contribution in [2.75, 3.05) is 13.1 Å². The normalized spacial score (nSPS) is 16.0. The zero-order chi connectivity index (χ0) is 17.8. The van der Waals surface area contributed by atoms with Crippen LogP contribution in [-0.2, 0) is 26.6 Å². The number of rotatable bonds is 5. The number of hydrogen-bond donors (Lipinski definition) is 0. The average molecular weight is 339 g/mol. The van der Waals surface area contributed by atoms with Crippen molar-refractivity contribution in [3.05, 3.63) is 51.7 Å². The number of piperidine rings is 1. The largest absolute Gasteiger partial charge is 0.345 e. The van der Waals surface area contributed by atoms with Crippen LogP contribution >= 0.6 is 0 Å². The predicted octanol–water partition coefficient (Wildman–Crippen LogP) is 1.93. The number of aryl methyl sites for hydroxylation is 1. The molecule has 0 radical (unpaired) electrons. The lowest BCUT2D eigenvalue weighted by atomic mass is 9.92. The van der Waals surface area contributed by atoms with E-state index in [0.717, 1.165) is 55.8 Å². The molecule has 25 heavy (non-hydrogen) atoms. The maximum Gasteiger partial charge on any atom is 0.345 e. The maximum absolute atomic E-state index is 12.0. The Bertz CT molecular complexity index is 821. The van der Waals surface area contributed by atoms with Gasteiger partial charge in [-0.2, -0.15) is 10.4 Å². The molecule has 0 N–H and O–H groups in total. The van der Waals surface area contributed by atoms with E-state index in [1.165, 1.54) is 4.68 Å².